The minimum atomic E-state index is -0.924. The lowest BCUT2D eigenvalue weighted by molar-refractivity contribution is -0.126. The molecule has 5 heteroatoms. The van der Waals surface area contributed by atoms with E-state index < -0.39 is 16.3 Å². The van der Waals surface area contributed by atoms with Gasteiger partial charge >= 0.3 is 0 Å². The average Bonchev–Trinajstić information content (AvgIpc) is 2.64. The molecular formula is C12H24N2O2S. The molecule has 0 aromatic rings. The molecule has 17 heavy (non-hydrogen) atoms. The van der Waals surface area contributed by atoms with Crippen LogP contribution in [0.2, 0.25) is 0 Å². The average molecular weight is 260 g/mol. The van der Waals surface area contributed by atoms with Gasteiger partial charge in [-0.2, -0.15) is 0 Å². The first kappa shape index (κ1) is 14.6. The zero-order valence-electron chi connectivity index (χ0n) is 11.0. The van der Waals surface area contributed by atoms with Gasteiger partial charge < -0.3 is 11.1 Å². The third-order valence-corrected chi connectivity index (χ3v) is 5.14. The van der Waals surface area contributed by atoms with Crippen molar-refractivity contribution >= 4 is 16.7 Å². The normalized spacial score (nSPS) is 21.2. The van der Waals surface area contributed by atoms with Gasteiger partial charge in [0.05, 0.1) is 5.54 Å². The van der Waals surface area contributed by atoms with E-state index in [1.807, 2.05) is 20.8 Å². The second-order valence-electron chi connectivity index (χ2n) is 5.78. The molecule has 0 heterocycles. The van der Waals surface area contributed by atoms with Crippen molar-refractivity contribution in [2.24, 2.45) is 5.73 Å². The fourth-order valence-corrected chi connectivity index (χ4v) is 2.87. The van der Waals surface area contributed by atoms with E-state index in [-0.39, 0.29) is 10.7 Å². The molecule has 1 aliphatic rings. The quantitative estimate of drug-likeness (QED) is 0.789. The van der Waals surface area contributed by atoms with Crippen LogP contribution >= 0.6 is 0 Å². The van der Waals surface area contributed by atoms with Crippen LogP contribution in [-0.2, 0) is 15.6 Å². The van der Waals surface area contributed by atoms with Crippen LogP contribution in [0.3, 0.4) is 0 Å². The summed E-state index contributed by atoms with van der Waals surface area (Å²) >= 11 is 0. The molecule has 1 unspecified atom stereocenters. The maximum Gasteiger partial charge on any atom is 0.240 e. The Bertz CT molecular complexity index is 304. The number of carbonyl (C=O) groups excluding carboxylic acids is 1. The van der Waals surface area contributed by atoms with Crippen LogP contribution in [0.4, 0.5) is 0 Å². The number of rotatable bonds is 4. The molecule has 3 N–H and O–H groups in total. The Labute approximate surface area is 106 Å². The maximum absolute atomic E-state index is 11.9. The zero-order valence-corrected chi connectivity index (χ0v) is 11.9. The minimum absolute atomic E-state index is 0.0825. The zero-order chi connectivity index (χ0) is 13.1. The van der Waals surface area contributed by atoms with Crippen LogP contribution in [-0.4, -0.2) is 32.7 Å². The van der Waals surface area contributed by atoms with E-state index in [1.54, 1.807) is 0 Å². The summed E-state index contributed by atoms with van der Waals surface area (Å²) in [5.41, 5.74) is 5.34. The van der Waals surface area contributed by atoms with Crippen molar-refractivity contribution in [3.8, 4) is 0 Å². The van der Waals surface area contributed by atoms with Crippen LogP contribution < -0.4 is 11.1 Å². The molecule has 1 rings (SSSR count). The summed E-state index contributed by atoms with van der Waals surface area (Å²) in [4.78, 5) is 11.9. The van der Waals surface area contributed by atoms with Gasteiger partial charge in [0.15, 0.2) is 0 Å². The molecule has 0 radical (unpaired) electrons. The van der Waals surface area contributed by atoms with Gasteiger partial charge in [-0.05, 0) is 33.6 Å². The standard InChI is InChI=1S/C12H24N2O2S/c1-11(2,3)17(16)9-8-14-10(15)12(13)6-4-5-7-12/h4-9,13H2,1-3H3,(H,14,15). The van der Waals surface area contributed by atoms with Gasteiger partial charge in [-0.1, -0.05) is 12.8 Å². The molecule has 1 aliphatic carbocycles. The number of hydrogen-bond donors (Lipinski definition) is 2. The molecule has 0 aromatic heterocycles. The van der Waals surface area contributed by atoms with E-state index in [4.69, 9.17) is 5.73 Å². The molecule has 1 saturated carbocycles. The van der Waals surface area contributed by atoms with Crippen LogP contribution in [0.25, 0.3) is 0 Å². The minimum Gasteiger partial charge on any atom is -0.354 e. The van der Waals surface area contributed by atoms with Gasteiger partial charge in [-0.15, -0.1) is 0 Å². The van der Waals surface area contributed by atoms with E-state index in [1.165, 1.54) is 0 Å². The smallest absolute Gasteiger partial charge is 0.240 e. The molecule has 4 nitrogen and oxygen atoms in total. The monoisotopic (exact) mass is 260 g/mol. The molecule has 1 amide bonds. The van der Waals surface area contributed by atoms with Crippen LogP contribution in [0, 0.1) is 0 Å². The predicted octanol–water partition coefficient (Wildman–Crippen LogP) is 0.921. The summed E-state index contributed by atoms with van der Waals surface area (Å²) < 4.78 is 11.6. The fraction of sp³-hybridized carbons (Fsp3) is 0.917. The van der Waals surface area contributed by atoms with Crippen molar-refractivity contribution in [3.63, 3.8) is 0 Å². The van der Waals surface area contributed by atoms with E-state index in [0.29, 0.717) is 12.3 Å². The third kappa shape index (κ3) is 4.07. The summed E-state index contributed by atoms with van der Waals surface area (Å²) in [6.07, 6.45) is 3.58. The van der Waals surface area contributed by atoms with Crippen molar-refractivity contribution in [2.45, 2.75) is 56.7 Å². The van der Waals surface area contributed by atoms with Crippen molar-refractivity contribution in [3.05, 3.63) is 0 Å². The Hall–Kier alpha value is -0.420. The summed E-state index contributed by atoms with van der Waals surface area (Å²) in [6.45, 7) is 6.26. The van der Waals surface area contributed by atoms with Crippen molar-refractivity contribution in [1.82, 2.24) is 5.32 Å². The molecule has 1 atom stereocenters. The highest BCUT2D eigenvalue weighted by Gasteiger charge is 2.36. The number of carbonyl (C=O) groups is 1. The van der Waals surface area contributed by atoms with Gasteiger partial charge in [0, 0.05) is 27.8 Å². The first-order valence-electron chi connectivity index (χ1n) is 6.21. The Balaban J connectivity index is 2.32. The number of nitrogens with one attached hydrogen (secondary N) is 1. The molecule has 100 valence electrons. The Morgan fingerprint density at radius 2 is 1.88 bits per heavy atom. The summed E-state index contributed by atoms with van der Waals surface area (Å²) in [5, 5.41) is 2.81. The van der Waals surface area contributed by atoms with Gasteiger partial charge in [0.2, 0.25) is 5.91 Å². The molecule has 0 bridgehead atoms. The number of nitrogens with two attached hydrogens (primary N) is 1. The number of amides is 1. The first-order valence-corrected chi connectivity index (χ1v) is 7.53. The summed E-state index contributed by atoms with van der Waals surface area (Å²) in [6, 6.07) is 0. The van der Waals surface area contributed by atoms with Crippen LogP contribution in [0.5, 0.6) is 0 Å². The molecule has 1 fully saturated rings. The third-order valence-electron chi connectivity index (χ3n) is 3.20. The van der Waals surface area contributed by atoms with Crippen molar-refractivity contribution in [2.75, 3.05) is 12.3 Å². The molecule has 0 saturated heterocycles. The largest absolute Gasteiger partial charge is 0.354 e. The topological polar surface area (TPSA) is 72.2 Å². The predicted molar refractivity (Wildman–Crippen MR) is 71.2 cm³/mol. The van der Waals surface area contributed by atoms with Crippen molar-refractivity contribution < 1.29 is 9.00 Å². The van der Waals surface area contributed by atoms with E-state index in [2.05, 4.69) is 5.32 Å². The second-order valence-corrected chi connectivity index (χ2v) is 8.11. The second kappa shape index (κ2) is 5.48. The van der Waals surface area contributed by atoms with E-state index in [9.17, 15) is 9.00 Å². The lowest BCUT2D eigenvalue weighted by Gasteiger charge is -2.23. The SMILES string of the molecule is CC(C)(C)S(=O)CCNC(=O)C1(N)CCCC1. The molecular weight excluding hydrogens is 236 g/mol. The first-order chi connectivity index (χ1) is 7.76. The highest BCUT2D eigenvalue weighted by molar-refractivity contribution is 7.86. The molecule has 0 aliphatic heterocycles. The van der Waals surface area contributed by atoms with E-state index >= 15 is 0 Å². The highest BCUT2D eigenvalue weighted by atomic mass is 32.2. The van der Waals surface area contributed by atoms with Crippen LogP contribution in [0.15, 0.2) is 0 Å². The maximum atomic E-state index is 11.9. The van der Waals surface area contributed by atoms with E-state index in [0.717, 1.165) is 25.7 Å². The summed E-state index contributed by atoms with van der Waals surface area (Å²) in [7, 11) is -0.924. The van der Waals surface area contributed by atoms with Crippen molar-refractivity contribution in [1.29, 1.82) is 0 Å². The molecule has 0 spiro atoms. The van der Waals surface area contributed by atoms with Gasteiger partial charge in [0.1, 0.15) is 0 Å². The van der Waals surface area contributed by atoms with Gasteiger partial charge in [-0.25, -0.2) is 0 Å². The van der Waals surface area contributed by atoms with Crippen LogP contribution in [0.1, 0.15) is 46.5 Å². The Morgan fingerprint density at radius 1 is 1.35 bits per heavy atom. The lowest BCUT2D eigenvalue weighted by Crippen LogP contribution is -2.52. The Kier molecular flexibility index (Phi) is 4.72. The fourth-order valence-electron chi connectivity index (χ4n) is 1.97. The highest BCUT2D eigenvalue weighted by Crippen LogP contribution is 2.27. The van der Waals surface area contributed by atoms with Gasteiger partial charge in [0.25, 0.3) is 0 Å². The van der Waals surface area contributed by atoms with Gasteiger partial charge in [-0.3, -0.25) is 9.00 Å². The number of hydrogen-bond acceptors (Lipinski definition) is 3. The lowest BCUT2D eigenvalue weighted by atomic mass is 9.98. The molecule has 0 aromatic carbocycles. The Morgan fingerprint density at radius 3 is 2.35 bits per heavy atom. The summed E-state index contributed by atoms with van der Waals surface area (Å²) in [5.74, 6) is 0.409.